The van der Waals surface area contributed by atoms with Crippen LogP contribution in [0.1, 0.15) is 24.2 Å². The molecule has 0 aliphatic rings. The lowest BCUT2D eigenvalue weighted by molar-refractivity contribution is -0.116. The van der Waals surface area contributed by atoms with Crippen LogP contribution in [-0.2, 0) is 4.79 Å². The Balaban J connectivity index is 3.15. The largest absolute Gasteiger partial charge is 0.504 e. The summed E-state index contributed by atoms with van der Waals surface area (Å²) >= 11 is 3.26. The van der Waals surface area contributed by atoms with Crippen LogP contribution in [0.15, 0.2) is 18.2 Å². The number of carbonyl (C=O) groups is 1. The maximum atomic E-state index is 11.2. The summed E-state index contributed by atoms with van der Waals surface area (Å²) in [6, 6.07) is 4.98. The van der Waals surface area contributed by atoms with Crippen LogP contribution in [0.4, 0.5) is 0 Å². The first-order valence-electron chi connectivity index (χ1n) is 4.67. The van der Waals surface area contributed by atoms with E-state index in [2.05, 4.69) is 15.9 Å². The summed E-state index contributed by atoms with van der Waals surface area (Å²) in [7, 11) is 0. The van der Waals surface area contributed by atoms with Gasteiger partial charge in [-0.15, -0.1) is 0 Å². The van der Waals surface area contributed by atoms with Crippen molar-refractivity contribution < 1.29 is 14.6 Å². The molecule has 1 rings (SSSR count). The van der Waals surface area contributed by atoms with Crippen molar-refractivity contribution in [2.45, 2.75) is 18.7 Å². The zero-order valence-electron chi connectivity index (χ0n) is 8.66. The normalized spacial score (nSPS) is 12.2. The maximum absolute atomic E-state index is 11.2. The number of para-hydroxylation sites is 1. The third kappa shape index (κ3) is 2.72. The number of alkyl halides is 1. The van der Waals surface area contributed by atoms with Gasteiger partial charge in [-0.05, 0) is 19.9 Å². The number of phenols is 1. The monoisotopic (exact) mass is 272 g/mol. The minimum Gasteiger partial charge on any atom is -0.504 e. The fourth-order valence-electron chi connectivity index (χ4n) is 1.26. The molecule has 4 heteroatoms. The first-order valence-corrected chi connectivity index (χ1v) is 5.58. The van der Waals surface area contributed by atoms with Gasteiger partial charge < -0.3 is 9.84 Å². The summed E-state index contributed by atoms with van der Waals surface area (Å²) in [5.74, 6) is 0.402. The molecule has 0 bridgehead atoms. The van der Waals surface area contributed by atoms with E-state index in [4.69, 9.17) is 4.74 Å². The smallest absolute Gasteiger partial charge is 0.165 e. The number of phenolic OH excluding ortho intramolecular Hbond substituents is 1. The van der Waals surface area contributed by atoms with Crippen molar-refractivity contribution in [3.05, 3.63) is 23.8 Å². The molecule has 0 radical (unpaired) electrons. The summed E-state index contributed by atoms with van der Waals surface area (Å²) in [5, 5.41) is 9.60. The van der Waals surface area contributed by atoms with Crippen molar-refractivity contribution in [2.75, 3.05) is 6.61 Å². The van der Waals surface area contributed by atoms with Gasteiger partial charge in [0.1, 0.15) is 10.6 Å². The Kier molecular flexibility index (Phi) is 4.15. The van der Waals surface area contributed by atoms with E-state index in [-0.39, 0.29) is 11.5 Å². The molecule has 0 amide bonds. The van der Waals surface area contributed by atoms with Crippen LogP contribution in [0.5, 0.6) is 11.5 Å². The van der Waals surface area contributed by atoms with Crippen molar-refractivity contribution >= 4 is 21.7 Å². The second-order valence-electron chi connectivity index (χ2n) is 3.10. The summed E-state index contributed by atoms with van der Waals surface area (Å²) in [5.41, 5.74) is 0.657. The second kappa shape index (κ2) is 5.16. The van der Waals surface area contributed by atoms with Gasteiger partial charge in [0.15, 0.2) is 11.5 Å². The number of Topliss-reactive ketones (excluding diaryl/α,β-unsaturated/α-hetero) is 1. The second-order valence-corrected chi connectivity index (χ2v) is 4.02. The third-order valence-corrected chi connectivity index (χ3v) is 3.08. The Labute approximate surface area is 97.2 Å². The highest BCUT2D eigenvalue weighted by Crippen LogP contribution is 2.37. The van der Waals surface area contributed by atoms with Gasteiger partial charge in [0, 0.05) is 5.56 Å². The van der Waals surface area contributed by atoms with E-state index in [1.807, 2.05) is 6.92 Å². The molecule has 0 aromatic heterocycles. The molecule has 0 saturated carbocycles. The number of aromatic hydroxyl groups is 1. The lowest BCUT2D eigenvalue weighted by Crippen LogP contribution is -2.04. The Hall–Kier alpha value is -1.03. The van der Waals surface area contributed by atoms with Crippen molar-refractivity contribution in [3.8, 4) is 11.5 Å². The number of benzene rings is 1. The predicted molar refractivity (Wildman–Crippen MR) is 61.6 cm³/mol. The molecule has 3 nitrogen and oxygen atoms in total. The van der Waals surface area contributed by atoms with Gasteiger partial charge in [-0.3, -0.25) is 4.79 Å². The van der Waals surface area contributed by atoms with E-state index in [0.29, 0.717) is 17.9 Å². The molecule has 0 aliphatic carbocycles. The maximum Gasteiger partial charge on any atom is 0.165 e. The molecule has 0 spiro atoms. The van der Waals surface area contributed by atoms with Gasteiger partial charge in [0.2, 0.25) is 0 Å². The number of ketones is 1. The van der Waals surface area contributed by atoms with Gasteiger partial charge >= 0.3 is 0 Å². The fourth-order valence-corrected chi connectivity index (χ4v) is 1.62. The van der Waals surface area contributed by atoms with E-state index >= 15 is 0 Å². The molecular formula is C11H13BrO3. The first kappa shape index (κ1) is 12.0. The molecule has 0 aliphatic heterocycles. The van der Waals surface area contributed by atoms with Crippen molar-refractivity contribution in [1.29, 1.82) is 0 Å². The van der Waals surface area contributed by atoms with Crippen LogP contribution in [0.25, 0.3) is 0 Å². The molecule has 1 atom stereocenters. The van der Waals surface area contributed by atoms with E-state index in [1.165, 1.54) is 13.0 Å². The Morgan fingerprint density at radius 3 is 2.80 bits per heavy atom. The number of hydrogen-bond donors (Lipinski definition) is 1. The van der Waals surface area contributed by atoms with E-state index < -0.39 is 4.83 Å². The standard InChI is InChI=1S/C11H13BrO3/c1-3-15-11-8(10(12)7(2)13)5-4-6-9(11)14/h4-6,10,14H,3H2,1-2H3. The number of halogens is 1. The lowest BCUT2D eigenvalue weighted by Gasteiger charge is -2.14. The highest BCUT2D eigenvalue weighted by Gasteiger charge is 2.19. The van der Waals surface area contributed by atoms with Crippen molar-refractivity contribution in [1.82, 2.24) is 0 Å². The van der Waals surface area contributed by atoms with Gasteiger partial charge in [-0.1, -0.05) is 28.1 Å². The van der Waals surface area contributed by atoms with Crippen molar-refractivity contribution in [2.24, 2.45) is 0 Å². The molecule has 0 fully saturated rings. The summed E-state index contributed by atoms with van der Waals surface area (Å²) < 4.78 is 5.31. The topological polar surface area (TPSA) is 46.5 Å². The van der Waals surface area contributed by atoms with E-state index in [1.54, 1.807) is 12.1 Å². The highest BCUT2D eigenvalue weighted by molar-refractivity contribution is 9.09. The zero-order chi connectivity index (χ0) is 11.4. The summed E-state index contributed by atoms with van der Waals surface area (Å²) in [6.07, 6.45) is 0. The number of rotatable bonds is 4. The van der Waals surface area contributed by atoms with E-state index in [0.717, 1.165) is 0 Å². The number of ether oxygens (including phenoxy) is 1. The summed E-state index contributed by atoms with van der Waals surface area (Å²) in [4.78, 5) is 10.8. The summed E-state index contributed by atoms with van der Waals surface area (Å²) in [6.45, 7) is 3.76. The van der Waals surface area contributed by atoms with Crippen LogP contribution in [-0.4, -0.2) is 17.5 Å². The Morgan fingerprint density at radius 1 is 1.60 bits per heavy atom. The number of hydrogen-bond acceptors (Lipinski definition) is 3. The van der Waals surface area contributed by atoms with Crippen LogP contribution >= 0.6 is 15.9 Å². The van der Waals surface area contributed by atoms with Crippen LogP contribution < -0.4 is 4.74 Å². The molecule has 15 heavy (non-hydrogen) atoms. The molecule has 82 valence electrons. The quantitative estimate of drug-likeness (QED) is 0.858. The molecular weight excluding hydrogens is 260 g/mol. The lowest BCUT2D eigenvalue weighted by atomic mass is 10.1. The van der Waals surface area contributed by atoms with Gasteiger partial charge in [-0.25, -0.2) is 0 Å². The van der Waals surface area contributed by atoms with E-state index in [9.17, 15) is 9.90 Å². The first-order chi connectivity index (χ1) is 7.07. The van der Waals surface area contributed by atoms with Gasteiger partial charge in [-0.2, -0.15) is 0 Å². The van der Waals surface area contributed by atoms with Crippen LogP contribution in [0.2, 0.25) is 0 Å². The molecule has 1 aromatic carbocycles. The number of carbonyl (C=O) groups excluding carboxylic acids is 1. The highest BCUT2D eigenvalue weighted by atomic mass is 79.9. The third-order valence-electron chi connectivity index (χ3n) is 1.94. The fraction of sp³-hybridized carbons (Fsp3) is 0.364. The SMILES string of the molecule is CCOc1c(O)cccc1C(Br)C(C)=O. The molecule has 0 heterocycles. The molecule has 1 N–H and O–H groups in total. The Bertz CT molecular complexity index is 363. The minimum absolute atomic E-state index is 0.0263. The predicted octanol–water partition coefficient (Wildman–Crippen LogP) is 2.82. The molecule has 1 unspecified atom stereocenters. The molecule has 1 aromatic rings. The van der Waals surface area contributed by atoms with Gasteiger partial charge in [0.25, 0.3) is 0 Å². The zero-order valence-corrected chi connectivity index (χ0v) is 10.2. The average Bonchev–Trinajstić information content (AvgIpc) is 2.20. The van der Waals surface area contributed by atoms with Crippen LogP contribution in [0.3, 0.4) is 0 Å². The minimum atomic E-state index is -0.439. The molecule has 0 saturated heterocycles. The average molecular weight is 273 g/mol. The van der Waals surface area contributed by atoms with Crippen molar-refractivity contribution in [3.63, 3.8) is 0 Å². The Morgan fingerprint density at radius 2 is 2.27 bits per heavy atom. The van der Waals surface area contributed by atoms with Gasteiger partial charge in [0.05, 0.1) is 6.61 Å². The van der Waals surface area contributed by atoms with Crippen LogP contribution in [0, 0.1) is 0 Å².